The molecule has 0 heterocycles. The second-order valence-corrected chi connectivity index (χ2v) is 3.79. The highest BCUT2D eigenvalue weighted by molar-refractivity contribution is 5.87. The van der Waals surface area contributed by atoms with Gasteiger partial charge >= 0.3 is 12.1 Å². The van der Waals surface area contributed by atoms with Gasteiger partial charge in [-0.1, -0.05) is 6.58 Å². The second-order valence-electron chi connectivity index (χ2n) is 3.79. The van der Waals surface area contributed by atoms with E-state index < -0.39 is 17.7 Å². The normalized spacial score (nSPS) is 10.6. The van der Waals surface area contributed by atoms with Gasteiger partial charge in [-0.05, 0) is 20.8 Å². The van der Waals surface area contributed by atoms with Gasteiger partial charge < -0.3 is 14.6 Å². The molecular weight excluding hydrogens is 200 g/mol. The van der Waals surface area contributed by atoms with Crippen LogP contribution in [0.3, 0.4) is 0 Å². The topological polar surface area (TPSA) is 72.8 Å². The van der Waals surface area contributed by atoms with E-state index in [0.29, 0.717) is 12.0 Å². The molecule has 0 saturated carbocycles. The Morgan fingerprint density at radius 2 is 1.93 bits per heavy atom. The first-order chi connectivity index (χ1) is 6.74. The van der Waals surface area contributed by atoms with Crippen LogP contribution >= 0.6 is 0 Å². The van der Waals surface area contributed by atoms with Crippen LogP contribution < -0.4 is 0 Å². The van der Waals surface area contributed by atoms with Crippen LogP contribution in [0.25, 0.3) is 0 Å². The molecule has 0 bridgehead atoms. The molecule has 0 aromatic rings. The minimum atomic E-state index is -1.34. The Balaban J connectivity index is 4.01. The van der Waals surface area contributed by atoms with Crippen molar-refractivity contribution in [3.05, 3.63) is 12.2 Å². The Labute approximate surface area is 88.7 Å². The van der Waals surface area contributed by atoms with Crippen LogP contribution in [-0.2, 0) is 14.3 Å². The Kier molecular flexibility index (Phi) is 4.84. The molecule has 0 aliphatic rings. The molecule has 0 radical (unpaired) electrons. The fourth-order valence-electron chi connectivity index (χ4n) is 0.773. The molecular formula is C10H16O5. The molecule has 0 fully saturated rings. The van der Waals surface area contributed by atoms with Crippen LogP contribution in [-0.4, -0.2) is 29.4 Å². The fourth-order valence-corrected chi connectivity index (χ4v) is 0.773. The highest BCUT2D eigenvalue weighted by Gasteiger charge is 2.23. The molecule has 5 heteroatoms. The molecule has 0 aromatic heterocycles. The number of ether oxygens (including phenoxy) is 2. The summed E-state index contributed by atoms with van der Waals surface area (Å²) < 4.78 is 9.39. The molecule has 0 aromatic carbocycles. The maximum atomic E-state index is 11.2. The number of hydrogen-bond donors (Lipinski definition) is 1. The van der Waals surface area contributed by atoms with E-state index >= 15 is 0 Å². The lowest BCUT2D eigenvalue weighted by Crippen LogP contribution is -2.30. The van der Waals surface area contributed by atoms with E-state index in [4.69, 9.17) is 9.84 Å². The smallest absolute Gasteiger partial charge is 0.456 e. The summed E-state index contributed by atoms with van der Waals surface area (Å²) in [5.74, 6) is -0.490. The zero-order valence-electron chi connectivity index (χ0n) is 9.20. The molecule has 0 amide bonds. The summed E-state index contributed by atoms with van der Waals surface area (Å²) in [4.78, 5) is 21.2. The van der Waals surface area contributed by atoms with Crippen LogP contribution in [0.2, 0.25) is 0 Å². The second kappa shape index (κ2) is 5.38. The first kappa shape index (κ1) is 13.5. The summed E-state index contributed by atoms with van der Waals surface area (Å²) in [7, 11) is 0. The third kappa shape index (κ3) is 6.54. The number of carbonyl (C=O) groups is 2. The van der Waals surface area contributed by atoms with Gasteiger partial charge in [0.15, 0.2) is 0 Å². The van der Waals surface area contributed by atoms with E-state index in [1.54, 1.807) is 20.8 Å². The van der Waals surface area contributed by atoms with Gasteiger partial charge in [-0.3, -0.25) is 0 Å². The zero-order chi connectivity index (χ0) is 12.1. The summed E-state index contributed by atoms with van der Waals surface area (Å²) in [5, 5.41) is 8.24. The monoisotopic (exact) mass is 216 g/mol. The largest absolute Gasteiger partial charge is 0.505 e. The molecule has 0 aliphatic heterocycles. The Hall–Kier alpha value is -1.52. The number of carbonyl (C=O) groups excluding carboxylic acids is 1. The summed E-state index contributed by atoms with van der Waals surface area (Å²) in [6.45, 7) is 8.35. The lowest BCUT2D eigenvalue weighted by Gasteiger charge is -2.24. The van der Waals surface area contributed by atoms with Gasteiger partial charge in [0.1, 0.15) is 5.60 Å². The SMILES string of the molecule is C=C(C)C(=O)OC(C)(C)CCOC(=O)O. The maximum Gasteiger partial charge on any atom is 0.505 e. The van der Waals surface area contributed by atoms with Gasteiger partial charge in [0.05, 0.1) is 6.61 Å². The van der Waals surface area contributed by atoms with Crippen molar-refractivity contribution in [3.8, 4) is 0 Å². The molecule has 0 atom stereocenters. The van der Waals surface area contributed by atoms with E-state index in [2.05, 4.69) is 11.3 Å². The molecule has 0 saturated heterocycles. The summed E-state index contributed by atoms with van der Waals surface area (Å²) in [6.07, 6.45) is -1.03. The zero-order valence-corrected chi connectivity index (χ0v) is 9.20. The average Bonchev–Trinajstić information content (AvgIpc) is 2.01. The van der Waals surface area contributed by atoms with Gasteiger partial charge in [0.2, 0.25) is 0 Å². The van der Waals surface area contributed by atoms with E-state index in [1.807, 2.05) is 0 Å². The molecule has 0 aliphatic carbocycles. The Morgan fingerprint density at radius 1 is 1.40 bits per heavy atom. The van der Waals surface area contributed by atoms with E-state index in [-0.39, 0.29) is 6.61 Å². The summed E-state index contributed by atoms with van der Waals surface area (Å²) >= 11 is 0. The average molecular weight is 216 g/mol. The fraction of sp³-hybridized carbons (Fsp3) is 0.600. The molecule has 15 heavy (non-hydrogen) atoms. The lowest BCUT2D eigenvalue weighted by molar-refractivity contribution is -0.152. The van der Waals surface area contributed by atoms with E-state index in [1.165, 1.54) is 0 Å². The van der Waals surface area contributed by atoms with Crippen molar-refractivity contribution >= 4 is 12.1 Å². The van der Waals surface area contributed by atoms with Gasteiger partial charge in [0.25, 0.3) is 0 Å². The minimum Gasteiger partial charge on any atom is -0.456 e. The number of hydrogen-bond acceptors (Lipinski definition) is 4. The van der Waals surface area contributed by atoms with Gasteiger partial charge in [-0.2, -0.15) is 0 Å². The third-order valence-corrected chi connectivity index (χ3v) is 1.65. The van der Waals surface area contributed by atoms with Crippen molar-refractivity contribution in [2.75, 3.05) is 6.61 Å². The first-order valence-electron chi connectivity index (χ1n) is 4.49. The predicted octanol–water partition coefficient (Wildman–Crippen LogP) is 1.97. The molecule has 0 unspecified atom stereocenters. The van der Waals surface area contributed by atoms with E-state index in [9.17, 15) is 9.59 Å². The van der Waals surface area contributed by atoms with Crippen LogP contribution in [0.1, 0.15) is 27.2 Å². The molecule has 86 valence electrons. The summed E-state index contributed by atoms with van der Waals surface area (Å²) in [6, 6.07) is 0. The maximum absolute atomic E-state index is 11.2. The number of esters is 1. The van der Waals surface area contributed by atoms with Gasteiger partial charge in [-0.25, -0.2) is 9.59 Å². The molecule has 5 nitrogen and oxygen atoms in total. The van der Waals surface area contributed by atoms with Crippen molar-refractivity contribution in [2.45, 2.75) is 32.8 Å². The quantitative estimate of drug-likeness (QED) is 0.561. The highest BCUT2D eigenvalue weighted by Crippen LogP contribution is 2.16. The van der Waals surface area contributed by atoms with E-state index in [0.717, 1.165) is 0 Å². The van der Waals surface area contributed by atoms with Crippen molar-refractivity contribution in [1.29, 1.82) is 0 Å². The van der Waals surface area contributed by atoms with Crippen LogP contribution in [0, 0.1) is 0 Å². The molecule has 1 N–H and O–H groups in total. The van der Waals surface area contributed by atoms with Crippen molar-refractivity contribution < 1.29 is 24.2 Å². The minimum absolute atomic E-state index is 0.00813. The van der Waals surface area contributed by atoms with Crippen LogP contribution in [0.15, 0.2) is 12.2 Å². The third-order valence-electron chi connectivity index (χ3n) is 1.65. The number of carboxylic acid groups (broad SMARTS) is 1. The standard InChI is InChI=1S/C10H16O5/c1-7(2)8(11)15-10(3,4)5-6-14-9(12)13/h1,5-6H2,2-4H3,(H,12,13). The number of rotatable bonds is 5. The predicted molar refractivity (Wildman–Crippen MR) is 53.6 cm³/mol. The highest BCUT2D eigenvalue weighted by atomic mass is 16.7. The van der Waals surface area contributed by atoms with Crippen LogP contribution in [0.5, 0.6) is 0 Å². The van der Waals surface area contributed by atoms with Gasteiger partial charge in [-0.15, -0.1) is 0 Å². The molecule has 0 rings (SSSR count). The molecule has 0 spiro atoms. The summed E-state index contributed by atoms with van der Waals surface area (Å²) in [5.41, 5.74) is -0.451. The Bertz CT molecular complexity index is 267. The first-order valence-corrected chi connectivity index (χ1v) is 4.49. The van der Waals surface area contributed by atoms with Crippen molar-refractivity contribution in [1.82, 2.24) is 0 Å². The van der Waals surface area contributed by atoms with Gasteiger partial charge in [0, 0.05) is 12.0 Å². The van der Waals surface area contributed by atoms with Crippen molar-refractivity contribution in [3.63, 3.8) is 0 Å². The van der Waals surface area contributed by atoms with Crippen molar-refractivity contribution in [2.24, 2.45) is 0 Å². The Morgan fingerprint density at radius 3 is 2.33 bits per heavy atom. The van der Waals surface area contributed by atoms with Crippen LogP contribution in [0.4, 0.5) is 4.79 Å². The lowest BCUT2D eigenvalue weighted by atomic mass is 10.1.